The zero-order chi connectivity index (χ0) is 16.9. The largest absolute Gasteiger partial charge is 0.376 e. The molecule has 0 saturated carbocycles. The molecule has 24 heavy (non-hydrogen) atoms. The highest BCUT2D eigenvalue weighted by Crippen LogP contribution is 2.30. The molecular weight excluding hydrogens is 342 g/mol. The van der Waals surface area contributed by atoms with Gasteiger partial charge in [0.2, 0.25) is 5.13 Å². The predicted octanol–water partition coefficient (Wildman–Crippen LogP) is 3.80. The summed E-state index contributed by atoms with van der Waals surface area (Å²) >= 11 is 2.94. The van der Waals surface area contributed by atoms with E-state index >= 15 is 0 Å². The van der Waals surface area contributed by atoms with Crippen molar-refractivity contribution in [2.45, 2.75) is 42.4 Å². The second-order valence-electron chi connectivity index (χ2n) is 5.88. The smallest absolute Gasteiger partial charge is 0.206 e. The number of nitrogens with zero attached hydrogens (tertiary/aromatic N) is 2. The van der Waals surface area contributed by atoms with E-state index in [9.17, 15) is 4.79 Å². The van der Waals surface area contributed by atoms with Crippen molar-refractivity contribution in [1.82, 2.24) is 10.2 Å². The minimum absolute atomic E-state index is 0.115. The zero-order valence-corrected chi connectivity index (χ0v) is 15.5. The fourth-order valence-electron chi connectivity index (χ4n) is 2.49. The number of anilines is 1. The van der Waals surface area contributed by atoms with Gasteiger partial charge in [0.15, 0.2) is 10.1 Å². The Hall–Kier alpha value is -1.44. The molecule has 1 aliphatic heterocycles. The van der Waals surface area contributed by atoms with Crippen molar-refractivity contribution >= 4 is 34.0 Å². The van der Waals surface area contributed by atoms with Crippen molar-refractivity contribution in [2.75, 3.05) is 18.5 Å². The number of aromatic nitrogens is 2. The number of hydrogen-bond acceptors (Lipinski definition) is 7. The lowest BCUT2D eigenvalue weighted by Gasteiger charge is -2.09. The molecule has 2 aromatic rings. The van der Waals surface area contributed by atoms with E-state index in [4.69, 9.17) is 4.74 Å². The number of ketones is 1. The zero-order valence-electron chi connectivity index (χ0n) is 13.8. The first-order valence-electron chi connectivity index (χ1n) is 8.08. The molecule has 0 spiro atoms. The van der Waals surface area contributed by atoms with E-state index in [0.717, 1.165) is 46.6 Å². The second kappa shape index (κ2) is 8.09. The van der Waals surface area contributed by atoms with Crippen molar-refractivity contribution in [3.63, 3.8) is 0 Å². The Labute approximate surface area is 150 Å². The Kier molecular flexibility index (Phi) is 5.86. The molecule has 0 bridgehead atoms. The summed E-state index contributed by atoms with van der Waals surface area (Å²) in [4.78, 5) is 12.5. The number of nitrogens with one attached hydrogen (secondary N) is 1. The van der Waals surface area contributed by atoms with Gasteiger partial charge in [-0.1, -0.05) is 52.9 Å². The monoisotopic (exact) mass is 363 g/mol. The summed E-state index contributed by atoms with van der Waals surface area (Å²) in [5.41, 5.74) is 1.89. The van der Waals surface area contributed by atoms with E-state index in [0.29, 0.717) is 0 Å². The molecule has 128 valence electrons. The van der Waals surface area contributed by atoms with Crippen LogP contribution in [0.2, 0.25) is 0 Å². The molecule has 0 radical (unpaired) electrons. The van der Waals surface area contributed by atoms with Gasteiger partial charge in [0, 0.05) is 18.7 Å². The Morgan fingerprint density at radius 3 is 2.92 bits per heavy atom. The number of carbonyl (C=O) groups excluding carboxylic acids is 1. The number of thioether (sulfide) groups is 1. The highest BCUT2D eigenvalue weighted by atomic mass is 32.2. The fraction of sp³-hybridized carbons (Fsp3) is 0.471. The molecule has 7 heteroatoms. The number of carbonyl (C=O) groups is 1. The maximum atomic E-state index is 12.5. The first-order chi connectivity index (χ1) is 11.6. The second-order valence-corrected chi connectivity index (χ2v) is 8.44. The molecule has 1 aliphatic rings. The van der Waals surface area contributed by atoms with Crippen LogP contribution in [0.15, 0.2) is 28.6 Å². The van der Waals surface area contributed by atoms with Gasteiger partial charge in [-0.2, -0.15) is 0 Å². The van der Waals surface area contributed by atoms with Crippen LogP contribution in [0, 0.1) is 6.92 Å². The van der Waals surface area contributed by atoms with Crippen molar-refractivity contribution < 1.29 is 9.53 Å². The van der Waals surface area contributed by atoms with Gasteiger partial charge in [0.25, 0.3) is 0 Å². The van der Waals surface area contributed by atoms with E-state index in [2.05, 4.69) is 15.5 Å². The Bertz CT molecular complexity index is 681. The van der Waals surface area contributed by atoms with Gasteiger partial charge in [-0.25, -0.2) is 0 Å². The summed E-state index contributed by atoms with van der Waals surface area (Å²) in [7, 11) is 0. The molecule has 1 saturated heterocycles. The van der Waals surface area contributed by atoms with E-state index < -0.39 is 0 Å². The van der Waals surface area contributed by atoms with Gasteiger partial charge in [-0.15, -0.1) is 10.2 Å². The number of aryl methyl sites for hydroxylation is 1. The molecule has 1 aromatic heterocycles. The van der Waals surface area contributed by atoms with Crippen molar-refractivity contribution in [2.24, 2.45) is 0 Å². The average molecular weight is 364 g/mol. The van der Waals surface area contributed by atoms with Crippen LogP contribution in [0.1, 0.15) is 35.7 Å². The van der Waals surface area contributed by atoms with Crippen molar-refractivity contribution in [3.8, 4) is 0 Å². The number of benzene rings is 1. The van der Waals surface area contributed by atoms with E-state index in [1.807, 2.05) is 38.1 Å². The fourth-order valence-corrected chi connectivity index (χ4v) is 4.47. The summed E-state index contributed by atoms with van der Waals surface area (Å²) in [6.45, 7) is 5.53. The van der Waals surface area contributed by atoms with Crippen LogP contribution in [0.25, 0.3) is 0 Å². The molecule has 2 heterocycles. The van der Waals surface area contributed by atoms with E-state index in [1.54, 1.807) is 0 Å². The SMILES string of the molecule is Cc1ccc(C(=O)C(C)Sc2nnc(NCC3CCCO3)s2)cc1. The van der Waals surface area contributed by atoms with E-state index in [1.165, 1.54) is 23.1 Å². The number of Topliss-reactive ketones (excluding diaryl/α,β-unsaturated/α-hetero) is 1. The topological polar surface area (TPSA) is 64.1 Å². The van der Waals surface area contributed by atoms with Crippen LogP contribution < -0.4 is 5.32 Å². The minimum atomic E-state index is -0.188. The Morgan fingerprint density at radius 1 is 1.42 bits per heavy atom. The van der Waals surface area contributed by atoms with E-state index in [-0.39, 0.29) is 17.1 Å². The number of ether oxygens (including phenoxy) is 1. The highest BCUT2D eigenvalue weighted by Gasteiger charge is 2.19. The lowest BCUT2D eigenvalue weighted by Crippen LogP contribution is -2.18. The van der Waals surface area contributed by atoms with Gasteiger partial charge in [0.05, 0.1) is 11.4 Å². The maximum Gasteiger partial charge on any atom is 0.206 e. The lowest BCUT2D eigenvalue weighted by molar-refractivity contribution is 0.0994. The third kappa shape index (κ3) is 4.55. The first kappa shape index (κ1) is 17.4. The number of rotatable bonds is 7. The predicted molar refractivity (Wildman–Crippen MR) is 98.2 cm³/mol. The standard InChI is InChI=1S/C17H21N3O2S2/c1-11-5-7-13(8-6-11)15(21)12(2)23-17-20-19-16(24-17)18-10-14-4-3-9-22-14/h5-8,12,14H,3-4,9-10H2,1-2H3,(H,18,19). The molecule has 0 aliphatic carbocycles. The molecule has 5 nitrogen and oxygen atoms in total. The molecule has 0 amide bonds. The Morgan fingerprint density at radius 2 is 2.21 bits per heavy atom. The van der Waals surface area contributed by atoms with Crippen LogP contribution in [-0.2, 0) is 4.74 Å². The van der Waals surface area contributed by atoms with Crippen molar-refractivity contribution in [3.05, 3.63) is 35.4 Å². The summed E-state index contributed by atoms with van der Waals surface area (Å²) in [6, 6.07) is 7.68. The quantitative estimate of drug-likeness (QED) is 0.596. The molecule has 1 N–H and O–H groups in total. The average Bonchev–Trinajstić information content (AvgIpc) is 3.24. The third-order valence-corrected chi connectivity index (χ3v) is 5.96. The summed E-state index contributed by atoms with van der Waals surface area (Å²) in [6.07, 6.45) is 2.49. The molecule has 1 aromatic carbocycles. The van der Waals surface area contributed by atoms with Crippen LogP contribution in [0.5, 0.6) is 0 Å². The lowest BCUT2D eigenvalue weighted by atomic mass is 10.1. The highest BCUT2D eigenvalue weighted by molar-refractivity contribution is 8.02. The van der Waals surface area contributed by atoms with Gasteiger partial charge < -0.3 is 10.1 Å². The van der Waals surface area contributed by atoms with Gasteiger partial charge in [-0.05, 0) is 26.7 Å². The van der Waals surface area contributed by atoms with Crippen LogP contribution in [0.4, 0.5) is 5.13 Å². The minimum Gasteiger partial charge on any atom is -0.376 e. The molecule has 2 atom stereocenters. The molecule has 3 rings (SSSR count). The van der Waals surface area contributed by atoms with Gasteiger partial charge in [-0.3, -0.25) is 4.79 Å². The summed E-state index contributed by atoms with van der Waals surface area (Å²) < 4.78 is 6.38. The van der Waals surface area contributed by atoms with Gasteiger partial charge >= 0.3 is 0 Å². The van der Waals surface area contributed by atoms with Crippen LogP contribution in [-0.4, -0.2) is 40.5 Å². The maximum absolute atomic E-state index is 12.5. The molecule has 1 fully saturated rings. The third-order valence-electron chi connectivity index (χ3n) is 3.89. The van der Waals surface area contributed by atoms with Crippen LogP contribution >= 0.6 is 23.1 Å². The molecular formula is C17H21N3O2S2. The van der Waals surface area contributed by atoms with Gasteiger partial charge in [0.1, 0.15) is 0 Å². The number of hydrogen-bond donors (Lipinski definition) is 1. The molecule has 2 unspecified atom stereocenters. The normalized spacial score (nSPS) is 18.5. The summed E-state index contributed by atoms with van der Waals surface area (Å²) in [5.74, 6) is 0.115. The van der Waals surface area contributed by atoms with Crippen molar-refractivity contribution in [1.29, 1.82) is 0 Å². The first-order valence-corrected chi connectivity index (χ1v) is 9.78. The Balaban J connectivity index is 1.53. The van der Waals surface area contributed by atoms with Crippen LogP contribution in [0.3, 0.4) is 0 Å². The summed E-state index contributed by atoms with van der Waals surface area (Å²) in [5, 5.41) is 12.2.